The molecule has 0 radical (unpaired) electrons. The van der Waals surface area contributed by atoms with E-state index in [0.717, 1.165) is 6.54 Å². The third-order valence-electron chi connectivity index (χ3n) is 2.70. The number of aromatic nitrogens is 1. The van der Waals surface area contributed by atoms with Crippen LogP contribution in [0.15, 0.2) is 24.3 Å². The number of H-pyrrole nitrogens is 1. The normalized spacial score (nSPS) is 20.8. The highest BCUT2D eigenvalue weighted by molar-refractivity contribution is 5.85. The predicted molar refractivity (Wildman–Crippen MR) is 53.8 cm³/mol. The van der Waals surface area contributed by atoms with Crippen LogP contribution >= 0.6 is 0 Å². The van der Waals surface area contributed by atoms with E-state index in [2.05, 4.69) is 41.5 Å². The summed E-state index contributed by atoms with van der Waals surface area (Å²) >= 11 is 0. The second kappa shape index (κ2) is 2.36. The maximum absolute atomic E-state index is 3.41. The van der Waals surface area contributed by atoms with Crippen molar-refractivity contribution in [3.63, 3.8) is 0 Å². The Morgan fingerprint density at radius 2 is 2.08 bits per heavy atom. The second-order valence-corrected chi connectivity index (χ2v) is 3.67. The molecule has 1 aromatic carbocycles. The molecule has 2 N–H and O–H groups in total. The van der Waals surface area contributed by atoms with E-state index in [1.165, 1.54) is 22.2 Å². The molecule has 1 unspecified atom stereocenters. The summed E-state index contributed by atoms with van der Waals surface area (Å²) in [6.45, 7) is 3.28. The first-order chi connectivity index (χ1) is 6.36. The fourth-order valence-electron chi connectivity index (χ4n) is 2.01. The first-order valence-electron chi connectivity index (χ1n) is 4.67. The van der Waals surface area contributed by atoms with Gasteiger partial charge in [0.05, 0.1) is 0 Å². The zero-order valence-electron chi connectivity index (χ0n) is 7.59. The van der Waals surface area contributed by atoms with Gasteiger partial charge in [0.1, 0.15) is 0 Å². The van der Waals surface area contributed by atoms with Gasteiger partial charge in [-0.2, -0.15) is 0 Å². The molecule has 2 heteroatoms. The molecule has 1 atom stereocenters. The van der Waals surface area contributed by atoms with Crippen molar-refractivity contribution in [2.45, 2.75) is 13.0 Å². The summed E-state index contributed by atoms with van der Waals surface area (Å²) in [5, 5.41) is 4.72. The molecule has 3 rings (SSSR count). The number of rotatable bonds is 1. The molecule has 1 aliphatic rings. The van der Waals surface area contributed by atoms with Crippen molar-refractivity contribution in [2.75, 3.05) is 6.54 Å². The van der Waals surface area contributed by atoms with Gasteiger partial charge in [-0.3, -0.25) is 0 Å². The Bertz CT molecular complexity index is 452. The Kier molecular flexibility index (Phi) is 1.30. The van der Waals surface area contributed by atoms with Crippen molar-refractivity contribution in [3.05, 3.63) is 35.5 Å². The highest BCUT2D eigenvalue weighted by atomic mass is 15.1. The zero-order chi connectivity index (χ0) is 8.84. The number of hydrogen-bond donors (Lipinski definition) is 2. The second-order valence-electron chi connectivity index (χ2n) is 3.67. The maximum Gasteiger partial charge on any atom is 0.0471 e. The number of benzene rings is 1. The quantitative estimate of drug-likeness (QED) is 0.635. The van der Waals surface area contributed by atoms with Crippen LogP contribution in [0.2, 0.25) is 0 Å². The summed E-state index contributed by atoms with van der Waals surface area (Å²) in [6, 6.07) is 9.09. The minimum absolute atomic E-state index is 0.594. The number of nitrogens with one attached hydrogen (secondary N) is 2. The van der Waals surface area contributed by atoms with E-state index in [1.807, 2.05) is 0 Å². The first kappa shape index (κ1) is 7.15. The van der Waals surface area contributed by atoms with Gasteiger partial charge in [0.25, 0.3) is 0 Å². The van der Waals surface area contributed by atoms with Gasteiger partial charge >= 0.3 is 0 Å². The van der Waals surface area contributed by atoms with Crippen LogP contribution in [0, 0.1) is 6.92 Å². The molecule has 2 nitrogen and oxygen atoms in total. The van der Waals surface area contributed by atoms with Crippen LogP contribution in [-0.4, -0.2) is 11.5 Å². The minimum atomic E-state index is 0.594. The third-order valence-corrected chi connectivity index (χ3v) is 2.70. The maximum atomic E-state index is 3.41. The third kappa shape index (κ3) is 0.988. The molecule has 0 aliphatic carbocycles. The Balaban J connectivity index is 2.35. The lowest BCUT2D eigenvalue weighted by Crippen LogP contribution is -1.84. The lowest BCUT2D eigenvalue weighted by atomic mass is 10.1. The number of para-hydroxylation sites is 1. The molecule has 0 saturated carbocycles. The summed E-state index contributed by atoms with van der Waals surface area (Å²) in [6.07, 6.45) is 0. The van der Waals surface area contributed by atoms with E-state index in [9.17, 15) is 0 Å². The predicted octanol–water partition coefficient (Wildman–Crippen LogP) is 2.12. The molecule has 1 aromatic heterocycles. The average molecular weight is 172 g/mol. The Labute approximate surface area is 77.0 Å². The Morgan fingerprint density at radius 3 is 2.85 bits per heavy atom. The first-order valence-corrected chi connectivity index (χ1v) is 4.67. The molecule has 0 spiro atoms. The van der Waals surface area contributed by atoms with Crippen molar-refractivity contribution in [1.82, 2.24) is 10.3 Å². The van der Waals surface area contributed by atoms with Gasteiger partial charge in [-0.1, -0.05) is 18.2 Å². The van der Waals surface area contributed by atoms with Crippen LogP contribution in [0.4, 0.5) is 0 Å². The molecule has 13 heavy (non-hydrogen) atoms. The van der Waals surface area contributed by atoms with Crippen molar-refractivity contribution < 1.29 is 0 Å². The van der Waals surface area contributed by atoms with Crippen LogP contribution in [0.3, 0.4) is 0 Å². The van der Waals surface area contributed by atoms with Crippen molar-refractivity contribution in [2.24, 2.45) is 0 Å². The number of hydrogen-bond acceptors (Lipinski definition) is 1. The highest BCUT2D eigenvalue weighted by Crippen LogP contribution is 2.31. The van der Waals surface area contributed by atoms with Gasteiger partial charge in [-0.05, 0) is 18.6 Å². The van der Waals surface area contributed by atoms with E-state index in [1.54, 1.807) is 0 Å². The van der Waals surface area contributed by atoms with Crippen LogP contribution in [-0.2, 0) is 0 Å². The summed E-state index contributed by atoms with van der Waals surface area (Å²) in [4.78, 5) is 3.41. The van der Waals surface area contributed by atoms with Crippen LogP contribution in [0.25, 0.3) is 10.9 Å². The molecule has 1 fully saturated rings. The SMILES string of the molecule is Cc1[nH]c2ccccc2c1C1CN1. The molecular formula is C11H12N2. The molecule has 66 valence electrons. The van der Waals surface area contributed by atoms with Gasteiger partial charge in [-0.15, -0.1) is 0 Å². The van der Waals surface area contributed by atoms with E-state index >= 15 is 0 Å². The largest absolute Gasteiger partial charge is 0.358 e. The van der Waals surface area contributed by atoms with Gasteiger partial charge in [0.2, 0.25) is 0 Å². The molecule has 1 saturated heterocycles. The van der Waals surface area contributed by atoms with Crippen molar-refractivity contribution in [3.8, 4) is 0 Å². The monoisotopic (exact) mass is 172 g/mol. The number of aryl methyl sites for hydroxylation is 1. The van der Waals surface area contributed by atoms with E-state index < -0.39 is 0 Å². The molecule has 1 aliphatic heterocycles. The highest BCUT2D eigenvalue weighted by Gasteiger charge is 2.26. The van der Waals surface area contributed by atoms with Crippen LogP contribution < -0.4 is 5.32 Å². The van der Waals surface area contributed by atoms with E-state index in [-0.39, 0.29) is 0 Å². The van der Waals surface area contributed by atoms with Crippen LogP contribution in [0.1, 0.15) is 17.3 Å². The van der Waals surface area contributed by atoms with E-state index in [4.69, 9.17) is 0 Å². The molecule has 0 amide bonds. The molecular weight excluding hydrogens is 160 g/mol. The molecule has 2 heterocycles. The average Bonchev–Trinajstić information content (AvgIpc) is 2.88. The van der Waals surface area contributed by atoms with Crippen molar-refractivity contribution in [1.29, 1.82) is 0 Å². The van der Waals surface area contributed by atoms with E-state index in [0.29, 0.717) is 6.04 Å². The van der Waals surface area contributed by atoms with Gasteiger partial charge in [-0.25, -0.2) is 0 Å². The number of fused-ring (bicyclic) bond motifs is 1. The van der Waals surface area contributed by atoms with Gasteiger partial charge < -0.3 is 10.3 Å². The zero-order valence-corrected chi connectivity index (χ0v) is 7.59. The van der Waals surface area contributed by atoms with Crippen LogP contribution in [0.5, 0.6) is 0 Å². The topological polar surface area (TPSA) is 37.7 Å². The molecule has 2 aromatic rings. The standard InChI is InChI=1S/C11H12N2/c1-7-11(10-6-12-10)8-4-2-3-5-9(8)13-7/h2-5,10,12-13H,6H2,1H3. The van der Waals surface area contributed by atoms with Gasteiger partial charge in [0.15, 0.2) is 0 Å². The fraction of sp³-hybridized carbons (Fsp3) is 0.273. The lowest BCUT2D eigenvalue weighted by molar-refractivity contribution is 1.06. The number of aromatic amines is 1. The molecule has 0 bridgehead atoms. The van der Waals surface area contributed by atoms with Crippen molar-refractivity contribution >= 4 is 10.9 Å². The lowest BCUT2D eigenvalue weighted by Gasteiger charge is -1.94. The summed E-state index contributed by atoms with van der Waals surface area (Å²) < 4.78 is 0. The van der Waals surface area contributed by atoms with Gasteiger partial charge in [0, 0.05) is 29.2 Å². The Hall–Kier alpha value is -1.28. The summed E-state index contributed by atoms with van der Waals surface area (Å²) in [5.41, 5.74) is 4.01. The fourth-order valence-corrected chi connectivity index (χ4v) is 2.01. The Morgan fingerprint density at radius 1 is 1.31 bits per heavy atom. The smallest absolute Gasteiger partial charge is 0.0471 e. The summed E-state index contributed by atoms with van der Waals surface area (Å²) in [7, 11) is 0. The summed E-state index contributed by atoms with van der Waals surface area (Å²) in [5.74, 6) is 0. The minimum Gasteiger partial charge on any atom is -0.358 e.